The normalized spacial score (nSPS) is 20.1. The molecule has 0 unspecified atom stereocenters. The maximum absolute atomic E-state index is 12.6. The average Bonchev–Trinajstić information content (AvgIpc) is 3.44. The molecule has 2 amide bonds. The number of rotatable bonds is 5. The van der Waals surface area contributed by atoms with Crippen molar-refractivity contribution in [3.63, 3.8) is 0 Å². The fourth-order valence-electron chi connectivity index (χ4n) is 4.07. The number of carbonyl (C=O) groups is 2. The summed E-state index contributed by atoms with van der Waals surface area (Å²) in [4.78, 5) is 32.0. The number of hydrogen-bond donors (Lipinski definition) is 2. The molecule has 0 spiro atoms. The summed E-state index contributed by atoms with van der Waals surface area (Å²) >= 11 is 1.36. The standard InChI is InChI=1S/C22H24N4O3S.ClH/c27-21-19(11-17-9-16(12-23-17)13-25-3-6-29-7-4-25)18-10-15(1-2-20(18)24-21)14-26-5-8-30-22(26)28;/h1-2,9-12,23H,3-8,13-14H2,(H,24,27);1H. The quantitative estimate of drug-likeness (QED) is 0.668. The molecule has 4 heterocycles. The molecule has 2 N–H and O–H groups in total. The SMILES string of the molecule is Cl.O=C1Nc2ccc(CN3CCSC3=O)cc2C1=Cc1cc(CN2CCOCC2)c[nH]1. The molecule has 2 saturated heterocycles. The Kier molecular flexibility index (Phi) is 6.71. The van der Waals surface area contributed by atoms with Crippen molar-refractivity contribution < 1.29 is 14.3 Å². The van der Waals surface area contributed by atoms with Gasteiger partial charge in [0, 0.05) is 61.6 Å². The van der Waals surface area contributed by atoms with E-state index in [4.69, 9.17) is 4.74 Å². The number of carbonyl (C=O) groups excluding carboxylic acids is 2. The van der Waals surface area contributed by atoms with Crippen LogP contribution < -0.4 is 5.32 Å². The molecule has 0 bridgehead atoms. The summed E-state index contributed by atoms with van der Waals surface area (Å²) < 4.78 is 5.41. The second kappa shape index (κ2) is 9.48. The molecular formula is C22H25ClN4O3S. The Hall–Kier alpha value is -2.26. The summed E-state index contributed by atoms with van der Waals surface area (Å²) in [6.45, 7) is 5.67. The average molecular weight is 461 g/mol. The van der Waals surface area contributed by atoms with Gasteiger partial charge in [0.1, 0.15) is 0 Å². The van der Waals surface area contributed by atoms with Crippen LogP contribution in [0.1, 0.15) is 22.4 Å². The number of anilines is 1. The van der Waals surface area contributed by atoms with Gasteiger partial charge in [0.25, 0.3) is 11.1 Å². The van der Waals surface area contributed by atoms with Gasteiger partial charge in [-0.1, -0.05) is 17.8 Å². The Morgan fingerprint density at radius 2 is 1.90 bits per heavy atom. The second-order valence-corrected chi connectivity index (χ2v) is 8.83. The molecule has 1 aromatic heterocycles. The number of amides is 2. The molecule has 1 aromatic carbocycles. The molecule has 31 heavy (non-hydrogen) atoms. The number of morpholine rings is 1. The van der Waals surface area contributed by atoms with Crippen LogP contribution in [0.5, 0.6) is 0 Å². The molecule has 3 aliphatic rings. The Bertz CT molecular complexity index is 1020. The third-order valence-electron chi connectivity index (χ3n) is 5.66. The zero-order valence-corrected chi connectivity index (χ0v) is 18.7. The van der Waals surface area contributed by atoms with Crippen LogP contribution in [-0.4, -0.2) is 64.5 Å². The number of halogens is 1. The van der Waals surface area contributed by atoms with Crippen molar-refractivity contribution in [1.29, 1.82) is 0 Å². The van der Waals surface area contributed by atoms with E-state index in [0.29, 0.717) is 12.1 Å². The topological polar surface area (TPSA) is 77.7 Å². The summed E-state index contributed by atoms with van der Waals surface area (Å²) in [6.07, 6.45) is 3.91. The van der Waals surface area contributed by atoms with Crippen LogP contribution >= 0.6 is 24.2 Å². The van der Waals surface area contributed by atoms with Gasteiger partial charge in [-0.15, -0.1) is 12.4 Å². The Morgan fingerprint density at radius 3 is 2.68 bits per heavy atom. The zero-order valence-electron chi connectivity index (χ0n) is 17.1. The number of fused-ring (bicyclic) bond motifs is 1. The summed E-state index contributed by atoms with van der Waals surface area (Å²) in [7, 11) is 0. The van der Waals surface area contributed by atoms with Gasteiger partial charge in [0.05, 0.1) is 18.8 Å². The van der Waals surface area contributed by atoms with Crippen LogP contribution in [-0.2, 0) is 22.6 Å². The second-order valence-electron chi connectivity index (χ2n) is 7.78. The number of thioether (sulfide) groups is 1. The first-order chi connectivity index (χ1) is 14.7. The van der Waals surface area contributed by atoms with Crippen molar-refractivity contribution in [3.05, 3.63) is 52.8 Å². The molecule has 2 aromatic rings. The number of aromatic amines is 1. The molecule has 164 valence electrons. The van der Waals surface area contributed by atoms with E-state index in [1.165, 1.54) is 17.3 Å². The van der Waals surface area contributed by atoms with Gasteiger partial charge >= 0.3 is 0 Å². The largest absolute Gasteiger partial charge is 0.379 e. The van der Waals surface area contributed by atoms with Gasteiger partial charge in [-0.25, -0.2) is 0 Å². The van der Waals surface area contributed by atoms with Gasteiger partial charge in [-0.3, -0.25) is 14.5 Å². The lowest BCUT2D eigenvalue weighted by Crippen LogP contribution is -2.35. The van der Waals surface area contributed by atoms with Crippen LogP contribution in [0, 0.1) is 0 Å². The smallest absolute Gasteiger partial charge is 0.282 e. The fourth-order valence-corrected chi connectivity index (χ4v) is 4.90. The van der Waals surface area contributed by atoms with Gasteiger partial charge in [-0.2, -0.15) is 0 Å². The molecule has 3 aliphatic heterocycles. The van der Waals surface area contributed by atoms with Crippen molar-refractivity contribution >= 4 is 52.7 Å². The summed E-state index contributed by atoms with van der Waals surface area (Å²) in [6, 6.07) is 8.02. The molecule has 0 radical (unpaired) electrons. The zero-order chi connectivity index (χ0) is 20.5. The summed E-state index contributed by atoms with van der Waals surface area (Å²) in [5.74, 6) is 0.744. The van der Waals surface area contributed by atoms with Gasteiger partial charge < -0.3 is 19.9 Å². The lowest BCUT2D eigenvalue weighted by Gasteiger charge is -2.25. The Balaban J connectivity index is 0.00000231. The highest BCUT2D eigenvalue weighted by Crippen LogP contribution is 2.34. The van der Waals surface area contributed by atoms with E-state index in [0.717, 1.165) is 67.7 Å². The molecule has 0 aliphatic carbocycles. The number of aromatic nitrogens is 1. The number of benzene rings is 1. The van der Waals surface area contributed by atoms with E-state index in [9.17, 15) is 9.59 Å². The molecule has 9 heteroatoms. The monoisotopic (exact) mass is 460 g/mol. The maximum atomic E-state index is 12.6. The highest BCUT2D eigenvalue weighted by Gasteiger charge is 2.26. The van der Waals surface area contributed by atoms with Gasteiger partial charge in [0.15, 0.2) is 0 Å². The third kappa shape index (κ3) is 4.82. The van der Waals surface area contributed by atoms with Crippen molar-refractivity contribution in [1.82, 2.24) is 14.8 Å². The van der Waals surface area contributed by atoms with Crippen molar-refractivity contribution in [2.45, 2.75) is 13.1 Å². The summed E-state index contributed by atoms with van der Waals surface area (Å²) in [5, 5.41) is 3.07. The summed E-state index contributed by atoms with van der Waals surface area (Å²) in [5.41, 5.74) is 5.49. The highest BCUT2D eigenvalue weighted by atomic mass is 35.5. The number of nitrogens with zero attached hydrogens (tertiary/aromatic N) is 2. The minimum absolute atomic E-state index is 0. The Labute approximate surface area is 191 Å². The highest BCUT2D eigenvalue weighted by molar-refractivity contribution is 8.13. The number of hydrogen-bond acceptors (Lipinski definition) is 5. The first-order valence-corrected chi connectivity index (χ1v) is 11.2. The lowest BCUT2D eigenvalue weighted by atomic mass is 10.0. The van der Waals surface area contributed by atoms with E-state index < -0.39 is 0 Å². The van der Waals surface area contributed by atoms with E-state index in [2.05, 4.69) is 21.3 Å². The van der Waals surface area contributed by atoms with Crippen LogP contribution in [0.3, 0.4) is 0 Å². The number of H-pyrrole nitrogens is 1. The van der Waals surface area contributed by atoms with E-state index >= 15 is 0 Å². The van der Waals surface area contributed by atoms with Crippen molar-refractivity contribution in [2.24, 2.45) is 0 Å². The maximum Gasteiger partial charge on any atom is 0.282 e. The van der Waals surface area contributed by atoms with E-state index in [-0.39, 0.29) is 23.6 Å². The van der Waals surface area contributed by atoms with Crippen molar-refractivity contribution in [3.8, 4) is 0 Å². The first kappa shape index (κ1) is 22.0. The lowest BCUT2D eigenvalue weighted by molar-refractivity contribution is -0.110. The van der Waals surface area contributed by atoms with Crippen LogP contribution in [0.4, 0.5) is 10.5 Å². The molecule has 0 atom stereocenters. The van der Waals surface area contributed by atoms with E-state index in [1.54, 1.807) is 0 Å². The minimum atomic E-state index is -0.0979. The number of nitrogens with one attached hydrogen (secondary N) is 2. The molecule has 2 fully saturated rings. The molecule has 5 rings (SSSR count). The minimum Gasteiger partial charge on any atom is -0.379 e. The van der Waals surface area contributed by atoms with E-state index in [1.807, 2.05) is 35.4 Å². The fraction of sp³-hybridized carbons (Fsp3) is 0.364. The van der Waals surface area contributed by atoms with Gasteiger partial charge in [-0.05, 0) is 35.4 Å². The van der Waals surface area contributed by atoms with Gasteiger partial charge in [0.2, 0.25) is 0 Å². The molecular weight excluding hydrogens is 436 g/mol. The van der Waals surface area contributed by atoms with Crippen molar-refractivity contribution in [2.75, 3.05) is 43.9 Å². The molecule has 0 saturated carbocycles. The Morgan fingerprint density at radius 1 is 1.06 bits per heavy atom. The predicted molar refractivity (Wildman–Crippen MR) is 125 cm³/mol. The first-order valence-electron chi connectivity index (χ1n) is 10.2. The third-order valence-corrected chi connectivity index (χ3v) is 6.55. The number of ether oxygens (including phenoxy) is 1. The molecule has 7 nitrogen and oxygen atoms in total. The van der Waals surface area contributed by atoms with Crippen LogP contribution in [0.2, 0.25) is 0 Å². The van der Waals surface area contributed by atoms with Crippen LogP contribution in [0.25, 0.3) is 11.6 Å². The van der Waals surface area contributed by atoms with Crippen LogP contribution in [0.15, 0.2) is 30.5 Å². The predicted octanol–water partition coefficient (Wildman–Crippen LogP) is 3.43.